The second-order valence-corrected chi connectivity index (χ2v) is 5.31. The molecule has 0 saturated carbocycles. The molecule has 2 aromatic rings. The highest BCUT2D eigenvalue weighted by molar-refractivity contribution is 6.21. The highest BCUT2D eigenvalue weighted by atomic mass is 16.5. The van der Waals surface area contributed by atoms with Gasteiger partial charge < -0.3 is 4.74 Å². The summed E-state index contributed by atoms with van der Waals surface area (Å²) in [5, 5.41) is 0. The first-order valence-electron chi connectivity index (χ1n) is 7.27. The van der Waals surface area contributed by atoms with Crippen molar-refractivity contribution in [2.24, 2.45) is 0 Å². The zero-order chi connectivity index (χ0) is 16.4. The maximum atomic E-state index is 12.2. The molecule has 116 valence electrons. The minimum Gasteiger partial charge on any atom is -0.460 e. The molecule has 0 aromatic heterocycles. The number of amides is 2. The standard InChI is InChI=1S/C18H15NO4/c1-12-6-8-13(9-7-12)18(22)23-11-10-19-16(20)14-4-2-3-5-15(14)17(19)21/h2-9H,10-11H2,1H3. The average molecular weight is 309 g/mol. The smallest absolute Gasteiger partial charge is 0.338 e. The molecule has 1 aliphatic rings. The molecular weight excluding hydrogens is 294 g/mol. The Morgan fingerprint density at radius 2 is 1.52 bits per heavy atom. The lowest BCUT2D eigenvalue weighted by molar-refractivity contribution is 0.0420. The van der Waals surface area contributed by atoms with Crippen LogP contribution in [0, 0.1) is 6.92 Å². The minimum atomic E-state index is -0.471. The molecule has 0 bridgehead atoms. The Bertz CT molecular complexity index is 745. The van der Waals surface area contributed by atoms with Crippen molar-refractivity contribution < 1.29 is 19.1 Å². The summed E-state index contributed by atoms with van der Waals surface area (Å²) in [6.45, 7) is 1.94. The number of fused-ring (bicyclic) bond motifs is 1. The van der Waals surface area contributed by atoms with E-state index in [9.17, 15) is 14.4 Å². The molecule has 0 aliphatic carbocycles. The largest absolute Gasteiger partial charge is 0.460 e. The molecule has 0 unspecified atom stereocenters. The molecule has 1 aliphatic heterocycles. The van der Waals surface area contributed by atoms with Crippen molar-refractivity contribution >= 4 is 17.8 Å². The predicted octanol–water partition coefficient (Wildman–Crippen LogP) is 2.45. The van der Waals surface area contributed by atoms with E-state index >= 15 is 0 Å². The summed E-state index contributed by atoms with van der Waals surface area (Å²) in [7, 11) is 0. The van der Waals surface area contributed by atoms with Gasteiger partial charge in [-0.15, -0.1) is 0 Å². The lowest BCUT2D eigenvalue weighted by Crippen LogP contribution is -2.33. The molecule has 2 aromatic carbocycles. The van der Waals surface area contributed by atoms with Crippen LogP contribution in [-0.4, -0.2) is 35.8 Å². The van der Waals surface area contributed by atoms with Crippen molar-refractivity contribution in [1.29, 1.82) is 0 Å². The second-order valence-electron chi connectivity index (χ2n) is 5.31. The zero-order valence-electron chi connectivity index (χ0n) is 12.6. The Hall–Kier alpha value is -2.95. The molecule has 0 atom stereocenters. The van der Waals surface area contributed by atoms with E-state index in [1.165, 1.54) is 0 Å². The molecule has 0 fully saturated rings. The van der Waals surface area contributed by atoms with Crippen LogP contribution in [0.15, 0.2) is 48.5 Å². The first-order valence-corrected chi connectivity index (χ1v) is 7.27. The lowest BCUT2D eigenvalue weighted by Gasteiger charge is -2.13. The Kier molecular flexibility index (Phi) is 3.93. The number of nitrogens with zero attached hydrogens (tertiary/aromatic N) is 1. The first-order chi connectivity index (χ1) is 11.1. The predicted molar refractivity (Wildman–Crippen MR) is 83.3 cm³/mol. The van der Waals surface area contributed by atoms with E-state index in [2.05, 4.69) is 0 Å². The van der Waals surface area contributed by atoms with Crippen LogP contribution in [0.2, 0.25) is 0 Å². The fourth-order valence-electron chi connectivity index (χ4n) is 2.44. The molecule has 5 nitrogen and oxygen atoms in total. The average Bonchev–Trinajstić information content (AvgIpc) is 2.81. The van der Waals surface area contributed by atoms with Crippen molar-refractivity contribution in [3.63, 3.8) is 0 Å². The second kappa shape index (κ2) is 6.04. The molecular formula is C18H15NO4. The summed E-state index contributed by atoms with van der Waals surface area (Å²) in [5.41, 5.74) is 2.27. The third-order valence-corrected chi connectivity index (χ3v) is 3.71. The normalized spacial score (nSPS) is 13.2. The monoisotopic (exact) mass is 309 g/mol. The zero-order valence-corrected chi connectivity index (χ0v) is 12.6. The maximum Gasteiger partial charge on any atom is 0.338 e. The Morgan fingerprint density at radius 3 is 2.09 bits per heavy atom. The van der Waals surface area contributed by atoms with Crippen molar-refractivity contribution in [3.8, 4) is 0 Å². The van der Waals surface area contributed by atoms with Gasteiger partial charge in [0.25, 0.3) is 11.8 Å². The number of carbonyl (C=O) groups is 3. The van der Waals surface area contributed by atoms with Crippen LogP contribution in [0.5, 0.6) is 0 Å². The van der Waals surface area contributed by atoms with Gasteiger partial charge in [0.1, 0.15) is 6.61 Å². The highest BCUT2D eigenvalue weighted by Crippen LogP contribution is 2.21. The van der Waals surface area contributed by atoms with Gasteiger partial charge in [-0.3, -0.25) is 14.5 Å². The van der Waals surface area contributed by atoms with Gasteiger partial charge >= 0.3 is 5.97 Å². The molecule has 23 heavy (non-hydrogen) atoms. The fraction of sp³-hybridized carbons (Fsp3) is 0.167. The van der Waals surface area contributed by atoms with Crippen LogP contribution in [0.1, 0.15) is 36.6 Å². The van der Waals surface area contributed by atoms with Gasteiger partial charge in [0.05, 0.1) is 23.2 Å². The van der Waals surface area contributed by atoms with Crippen molar-refractivity contribution in [2.45, 2.75) is 6.92 Å². The molecule has 5 heteroatoms. The van der Waals surface area contributed by atoms with Crippen molar-refractivity contribution in [2.75, 3.05) is 13.2 Å². The quantitative estimate of drug-likeness (QED) is 0.643. The van der Waals surface area contributed by atoms with E-state index in [4.69, 9.17) is 4.74 Å². The summed E-state index contributed by atoms with van der Waals surface area (Å²) >= 11 is 0. The summed E-state index contributed by atoms with van der Waals surface area (Å²) < 4.78 is 5.14. The molecule has 0 spiro atoms. The molecule has 0 saturated heterocycles. The van der Waals surface area contributed by atoms with Crippen LogP contribution < -0.4 is 0 Å². The van der Waals surface area contributed by atoms with E-state index in [1.54, 1.807) is 36.4 Å². The van der Waals surface area contributed by atoms with Crippen LogP contribution in [-0.2, 0) is 4.74 Å². The number of imide groups is 1. The minimum absolute atomic E-state index is 0.0296. The molecule has 1 heterocycles. The highest BCUT2D eigenvalue weighted by Gasteiger charge is 2.34. The number of rotatable bonds is 4. The van der Waals surface area contributed by atoms with Gasteiger partial charge in [0.15, 0.2) is 0 Å². The Labute approximate surface area is 133 Å². The number of esters is 1. The third kappa shape index (κ3) is 2.85. The fourth-order valence-corrected chi connectivity index (χ4v) is 2.44. The van der Waals surface area contributed by atoms with Crippen LogP contribution in [0.4, 0.5) is 0 Å². The Balaban J connectivity index is 1.60. The van der Waals surface area contributed by atoms with Crippen LogP contribution >= 0.6 is 0 Å². The summed E-state index contributed by atoms with van der Waals surface area (Å²) in [6, 6.07) is 13.7. The first kappa shape index (κ1) is 15.0. The van der Waals surface area contributed by atoms with Crippen LogP contribution in [0.25, 0.3) is 0 Å². The van der Waals surface area contributed by atoms with E-state index in [1.807, 2.05) is 19.1 Å². The van der Waals surface area contributed by atoms with E-state index in [0.29, 0.717) is 16.7 Å². The van der Waals surface area contributed by atoms with Gasteiger partial charge in [-0.2, -0.15) is 0 Å². The third-order valence-electron chi connectivity index (χ3n) is 3.71. The number of carbonyl (C=O) groups excluding carboxylic acids is 3. The molecule has 0 radical (unpaired) electrons. The van der Waals surface area contributed by atoms with E-state index < -0.39 is 5.97 Å². The van der Waals surface area contributed by atoms with Gasteiger partial charge in [0.2, 0.25) is 0 Å². The van der Waals surface area contributed by atoms with Crippen LogP contribution in [0.3, 0.4) is 0 Å². The molecule has 3 rings (SSSR count). The van der Waals surface area contributed by atoms with Gasteiger partial charge in [-0.1, -0.05) is 29.8 Å². The number of benzene rings is 2. The summed E-state index contributed by atoms with van der Waals surface area (Å²) in [6.07, 6.45) is 0. The topological polar surface area (TPSA) is 63.7 Å². The van der Waals surface area contributed by atoms with Gasteiger partial charge in [-0.05, 0) is 31.2 Å². The van der Waals surface area contributed by atoms with E-state index in [-0.39, 0.29) is 25.0 Å². The number of hydrogen-bond acceptors (Lipinski definition) is 4. The number of aryl methyl sites for hydroxylation is 1. The SMILES string of the molecule is Cc1ccc(C(=O)OCCN2C(=O)c3ccccc3C2=O)cc1. The lowest BCUT2D eigenvalue weighted by atomic mass is 10.1. The molecule has 2 amide bonds. The number of hydrogen-bond donors (Lipinski definition) is 0. The summed E-state index contributed by atoms with van der Waals surface area (Å²) in [5.74, 6) is -1.17. The maximum absolute atomic E-state index is 12.2. The number of ether oxygens (including phenoxy) is 1. The van der Waals surface area contributed by atoms with E-state index in [0.717, 1.165) is 10.5 Å². The van der Waals surface area contributed by atoms with Gasteiger partial charge in [0, 0.05) is 0 Å². The summed E-state index contributed by atoms with van der Waals surface area (Å²) in [4.78, 5) is 37.3. The molecule has 0 N–H and O–H groups in total. The Morgan fingerprint density at radius 1 is 0.957 bits per heavy atom. The van der Waals surface area contributed by atoms with Crippen molar-refractivity contribution in [1.82, 2.24) is 4.90 Å². The van der Waals surface area contributed by atoms with Crippen molar-refractivity contribution in [3.05, 3.63) is 70.8 Å². The van der Waals surface area contributed by atoms with Gasteiger partial charge in [-0.25, -0.2) is 4.79 Å².